The summed E-state index contributed by atoms with van der Waals surface area (Å²) < 4.78 is 12.5. The quantitative estimate of drug-likeness (QED) is 0.436. The third-order valence-electron chi connectivity index (χ3n) is 5.02. The standard InChI is InChI=1S/C20H27N7O2/c1-2-8-28-11-7-24-18-12-16(20(14-22)4-9-29-10-5-20)15-13-25-27(19(15)26-18)17(23)3-6-21/h3,6,12-13,21H,2,4-5,7-11,23H2,1H3,(H,24,26). The third-order valence-corrected chi connectivity index (χ3v) is 5.02. The Morgan fingerprint density at radius 2 is 2.28 bits per heavy atom. The lowest BCUT2D eigenvalue weighted by molar-refractivity contribution is 0.0679. The van der Waals surface area contributed by atoms with Crippen LogP contribution in [-0.2, 0) is 14.9 Å². The van der Waals surface area contributed by atoms with Crippen molar-refractivity contribution in [2.75, 3.05) is 38.3 Å². The molecule has 29 heavy (non-hydrogen) atoms. The van der Waals surface area contributed by atoms with Crippen molar-refractivity contribution in [3.63, 3.8) is 0 Å². The molecular formula is C20H27N7O2. The van der Waals surface area contributed by atoms with Gasteiger partial charge in [-0.25, -0.2) is 4.98 Å². The number of aromatic nitrogens is 3. The van der Waals surface area contributed by atoms with Crippen LogP contribution < -0.4 is 11.1 Å². The predicted octanol–water partition coefficient (Wildman–Crippen LogP) is 2.25. The van der Waals surface area contributed by atoms with Gasteiger partial charge in [-0.2, -0.15) is 15.0 Å². The number of anilines is 1. The van der Waals surface area contributed by atoms with E-state index in [9.17, 15) is 5.26 Å². The summed E-state index contributed by atoms with van der Waals surface area (Å²) in [4.78, 5) is 4.67. The van der Waals surface area contributed by atoms with Gasteiger partial charge in [-0.15, -0.1) is 0 Å². The van der Waals surface area contributed by atoms with Gasteiger partial charge in [0.1, 0.15) is 11.6 Å². The molecule has 9 heteroatoms. The first-order chi connectivity index (χ1) is 14.1. The summed E-state index contributed by atoms with van der Waals surface area (Å²) in [5.74, 6) is 0.924. The molecule has 0 amide bonds. The van der Waals surface area contributed by atoms with Crippen molar-refractivity contribution in [2.45, 2.75) is 31.6 Å². The number of pyridine rings is 1. The molecule has 0 radical (unpaired) electrons. The molecule has 1 saturated heterocycles. The molecule has 0 aliphatic carbocycles. The number of nitriles is 1. The molecule has 2 aromatic rings. The molecular weight excluding hydrogens is 370 g/mol. The van der Waals surface area contributed by atoms with E-state index in [-0.39, 0.29) is 5.82 Å². The van der Waals surface area contributed by atoms with Gasteiger partial charge < -0.3 is 25.9 Å². The zero-order valence-electron chi connectivity index (χ0n) is 16.6. The summed E-state index contributed by atoms with van der Waals surface area (Å²) in [7, 11) is 0. The molecule has 4 N–H and O–H groups in total. The van der Waals surface area contributed by atoms with E-state index >= 15 is 0 Å². The highest BCUT2D eigenvalue weighted by molar-refractivity contribution is 5.86. The molecule has 0 spiro atoms. The number of ether oxygens (including phenoxy) is 2. The third kappa shape index (κ3) is 4.39. The number of rotatable bonds is 9. The van der Waals surface area contributed by atoms with Crippen LogP contribution in [0.1, 0.15) is 31.7 Å². The average molecular weight is 397 g/mol. The number of nitrogens with one attached hydrogen (secondary N) is 2. The summed E-state index contributed by atoms with van der Waals surface area (Å²) in [5.41, 5.74) is 6.82. The van der Waals surface area contributed by atoms with Gasteiger partial charge in [-0.05, 0) is 37.0 Å². The molecule has 1 aliphatic heterocycles. The van der Waals surface area contributed by atoms with Crippen molar-refractivity contribution in [1.82, 2.24) is 14.8 Å². The second kappa shape index (κ2) is 9.49. The van der Waals surface area contributed by atoms with Crippen LogP contribution in [0.15, 0.2) is 18.3 Å². The summed E-state index contributed by atoms with van der Waals surface area (Å²) in [6, 6.07) is 4.45. The molecule has 0 saturated carbocycles. The smallest absolute Gasteiger partial charge is 0.167 e. The lowest BCUT2D eigenvalue weighted by Gasteiger charge is -2.31. The van der Waals surface area contributed by atoms with E-state index in [1.807, 2.05) is 6.07 Å². The fourth-order valence-electron chi connectivity index (χ4n) is 3.49. The van der Waals surface area contributed by atoms with Crippen molar-refractivity contribution in [3.05, 3.63) is 23.9 Å². The van der Waals surface area contributed by atoms with Crippen LogP contribution >= 0.6 is 0 Å². The summed E-state index contributed by atoms with van der Waals surface area (Å²) >= 11 is 0. The lowest BCUT2D eigenvalue weighted by Crippen LogP contribution is -2.32. The SMILES string of the molecule is CCCOCCNc1cc(C2(C#N)CCOCC2)c2cnn(C(N)=CC=N)c2n1. The topological polar surface area (TPSA) is 135 Å². The first kappa shape index (κ1) is 20.8. The molecule has 1 aliphatic rings. The Bertz CT molecular complexity index is 923. The highest BCUT2D eigenvalue weighted by atomic mass is 16.5. The Hall–Kier alpha value is -2.96. The number of fused-ring (bicyclic) bond motifs is 1. The Balaban J connectivity index is 2.04. The Labute approximate surface area is 170 Å². The number of nitrogens with two attached hydrogens (primary N) is 1. The predicted molar refractivity (Wildman–Crippen MR) is 112 cm³/mol. The molecule has 3 heterocycles. The van der Waals surface area contributed by atoms with E-state index in [0.717, 1.165) is 23.6 Å². The Morgan fingerprint density at radius 1 is 1.48 bits per heavy atom. The second-order valence-electron chi connectivity index (χ2n) is 6.95. The van der Waals surface area contributed by atoms with Crippen molar-refractivity contribution in [1.29, 1.82) is 10.7 Å². The maximum atomic E-state index is 10.1. The number of nitrogens with zero attached hydrogens (tertiary/aromatic N) is 4. The van der Waals surface area contributed by atoms with E-state index in [2.05, 4.69) is 28.4 Å². The van der Waals surface area contributed by atoms with Crippen LogP contribution in [0.5, 0.6) is 0 Å². The minimum absolute atomic E-state index is 0.287. The van der Waals surface area contributed by atoms with Gasteiger partial charge in [-0.1, -0.05) is 6.92 Å². The van der Waals surface area contributed by atoms with E-state index in [1.165, 1.54) is 10.8 Å². The van der Waals surface area contributed by atoms with E-state index in [4.69, 9.17) is 20.6 Å². The molecule has 0 unspecified atom stereocenters. The molecule has 0 atom stereocenters. The molecule has 2 aromatic heterocycles. The number of hydrogen-bond donors (Lipinski definition) is 3. The van der Waals surface area contributed by atoms with Crippen molar-refractivity contribution < 1.29 is 9.47 Å². The van der Waals surface area contributed by atoms with Gasteiger partial charge in [0, 0.05) is 38.0 Å². The van der Waals surface area contributed by atoms with Crippen LogP contribution in [0, 0.1) is 16.7 Å². The van der Waals surface area contributed by atoms with Crippen LogP contribution in [0.25, 0.3) is 16.9 Å². The average Bonchev–Trinajstić information content (AvgIpc) is 3.17. The molecule has 154 valence electrons. The minimum Gasteiger partial charge on any atom is -0.384 e. The molecule has 0 aromatic carbocycles. The minimum atomic E-state index is -0.664. The molecule has 0 bridgehead atoms. The fraction of sp³-hybridized carbons (Fsp3) is 0.500. The maximum Gasteiger partial charge on any atom is 0.167 e. The largest absolute Gasteiger partial charge is 0.384 e. The fourth-order valence-corrected chi connectivity index (χ4v) is 3.49. The van der Waals surface area contributed by atoms with Gasteiger partial charge in [0.05, 0.1) is 24.3 Å². The normalized spacial score (nSPS) is 16.5. The lowest BCUT2D eigenvalue weighted by atomic mass is 9.74. The zero-order valence-corrected chi connectivity index (χ0v) is 16.6. The molecule has 9 nitrogen and oxygen atoms in total. The highest BCUT2D eigenvalue weighted by Gasteiger charge is 2.37. The van der Waals surface area contributed by atoms with E-state index in [0.29, 0.717) is 57.3 Å². The zero-order chi connectivity index (χ0) is 20.7. The van der Waals surface area contributed by atoms with Crippen LogP contribution in [0.4, 0.5) is 5.82 Å². The van der Waals surface area contributed by atoms with Gasteiger partial charge in [0.2, 0.25) is 0 Å². The number of allylic oxidation sites excluding steroid dienone is 1. The van der Waals surface area contributed by atoms with Crippen molar-refractivity contribution >= 4 is 28.9 Å². The van der Waals surface area contributed by atoms with E-state index in [1.54, 1.807) is 6.20 Å². The Morgan fingerprint density at radius 3 is 2.97 bits per heavy atom. The maximum absolute atomic E-state index is 10.1. The van der Waals surface area contributed by atoms with Gasteiger partial charge >= 0.3 is 0 Å². The van der Waals surface area contributed by atoms with Crippen molar-refractivity contribution in [3.8, 4) is 6.07 Å². The van der Waals surface area contributed by atoms with E-state index < -0.39 is 5.41 Å². The van der Waals surface area contributed by atoms with Crippen LogP contribution in [0.3, 0.4) is 0 Å². The molecule has 1 fully saturated rings. The van der Waals surface area contributed by atoms with Crippen LogP contribution in [0.2, 0.25) is 0 Å². The monoisotopic (exact) mass is 397 g/mol. The summed E-state index contributed by atoms with van der Waals surface area (Å²) in [6.07, 6.45) is 6.43. The highest BCUT2D eigenvalue weighted by Crippen LogP contribution is 2.39. The Kier molecular flexibility index (Phi) is 6.80. The van der Waals surface area contributed by atoms with Crippen molar-refractivity contribution in [2.24, 2.45) is 5.73 Å². The second-order valence-corrected chi connectivity index (χ2v) is 6.95. The van der Waals surface area contributed by atoms with Crippen LogP contribution in [-0.4, -0.2) is 54.0 Å². The van der Waals surface area contributed by atoms with Gasteiger partial charge in [0.25, 0.3) is 0 Å². The summed E-state index contributed by atoms with van der Waals surface area (Å²) in [5, 5.41) is 25.8. The molecule has 3 rings (SSSR count). The first-order valence-corrected chi connectivity index (χ1v) is 9.81. The number of hydrogen-bond acceptors (Lipinski definition) is 8. The van der Waals surface area contributed by atoms with Gasteiger partial charge in [0.15, 0.2) is 5.65 Å². The van der Waals surface area contributed by atoms with Gasteiger partial charge in [-0.3, -0.25) is 0 Å². The first-order valence-electron chi connectivity index (χ1n) is 9.81. The summed E-state index contributed by atoms with van der Waals surface area (Å²) in [6.45, 7) is 5.02.